The minimum absolute atomic E-state index is 0.00772. The van der Waals surface area contributed by atoms with Crippen molar-refractivity contribution >= 4 is 18.1 Å². The standard InChI is InChI=1S/C30H32F3N7O3/c1-4-6-25(30(31,32)33)37-39-35-16-21-15-24(40(38-21)27-22(19-8-9-19)7-5-12-34-27)29(42)43-26-18(3)13-17(2)14-23(26)28(41)36-20-10-11-20/h5,7,12-16,19-20,25H,4,6,8-11H2,1-3H3,(H,36,41)/b35-16+,39-37?. The van der Waals surface area contributed by atoms with Crippen LogP contribution in [0.15, 0.2) is 52.0 Å². The van der Waals surface area contributed by atoms with Crippen molar-refractivity contribution in [3.05, 3.63) is 70.2 Å². The second-order valence-electron chi connectivity index (χ2n) is 10.9. The normalized spacial score (nSPS) is 16.1. The molecule has 2 heterocycles. The van der Waals surface area contributed by atoms with E-state index in [1.165, 1.54) is 10.7 Å². The second kappa shape index (κ2) is 12.4. The first kappa shape index (κ1) is 30.1. The average molecular weight is 596 g/mol. The molecule has 0 bridgehead atoms. The fraction of sp³-hybridized carbons (Fsp3) is 0.433. The molecule has 13 heteroatoms. The number of aromatic nitrogens is 3. The molecule has 3 aromatic rings. The van der Waals surface area contributed by atoms with Crippen LogP contribution in [0.1, 0.15) is 94.6 Å². The van der Waals surface area contributed by atoms with Crippen molar-refractivity contribution in [2.24, 2.45) is 15.4 Å². The van der Waals surface area contributed by atoms with E-state index in [4.69, 9.17) is 4.74 Å². The molecule has 226 valence electrons. The van der Waals surface area contributed by atoms with Gasteiger partial charge in [0.2, 0.25) is 0 Å². The summed E-state index contributed by atoms with van der Waals surface area (Å²) in [5.74, 6) is -0.315. The van der Waals surface area contributed by atoms with Crippen LogP contribution in [0.25, 0.3) is 5.82 Å². The number of hydrogen-bond donors (Lipinski definition) is 1. The predicted molar refractivity (Wildman–Crippen MR) is 152 cm³/mol. The Balaban J connectivity index is 1.48. The smallest absolute Gasteiger partial charge is 0.412 e. The Morgan fingerprint density at radius 2 is 1.95 bits per heavy atom. The zero-order valence-corrected chi connectivity index (χ0v) is 24.1. The lowest BCUT2D eigenvalue weighted by Crippen LogP contribution is -2.27. The average Bonchev–Trinajstić information content (AvgIpc) is 3.90. The Hall–Kier alpha value is -4.42. The van der Waals surface area contributed by atoms with Gasteiger partial charge in [0.25, 0.3) is 5.91 Å². The van der Waals surface area contributed by atoms with Crippen molar-refractivity contribution in [3.8, 4) is 11.6 Å². The van der Waals surface area contributed by atoms with Gasteiger partial charge in [0.15, 0.2) is 17.6 Å². The van der Waals surface area contributed by atoms with Crippen LogP contribution in [-0.4, -0.2) is 51.1 Å². The minimum Gasteiger partial charge on any atom is -0.421 e. The third-order valence-electron chi connectivity index (χ3n) is 7.12. The van der Waals surface area contributed by atoms with Gasteiger partial charge in [0.05, 0.1) is 11.8 Å². The lowest BCUT2D eigenvalue weighted by Gasteiger charge is -2.15. The summed E-state index contributed by atoms with van der Waals surface area (Å²) in [6.07, 6.45) is 1.96. The number of alkyl halides is 3. The molecular formula is C30H32F3N7O3. The van der Waals surface area contributed by atoms with Crippen LogP contribution >= 0.6 is 0 Å². The first-order chi connectivity index (χ1) is 20.5. The van der Waals surface area contributed by atoms with E-state index in [-0.39, 0.29) is 53.4 Å². The van der Waals surface area contributed by atoms with Crippen molar-refractivity contribution in [3.63, 3.8) is 0 Å². The van der Waals surface area contributed by atoms with E-state index in [0.717, 1.165) is 43.0 Å². The summed E-state index contributed by atoms with van der Waals surface area (Å²) in [4.78, 5) is 31.2. The van der Waals surface area contributed by atoms with Crippen molar-refractivity contribution in [2.75, 3.05) is 0 Å². The van der Waals surface area contributed by atoms with Crippen molar-refractivity contribution in [2.45, 2.75) is 83.5 Å². The van der Waals surface area contributed by atoms with Gasteiger partial charge in [-0.2, -0.15) is 23.4 Å². The molecule has 2 saturated carbocycles. The van der Waals surface area contributed by atoms with Gasteiger partial charge in [0, 0.05) is 18.3 Å². The molecule has 5 rings (SSSR count). The van der Waals surface area contributed by atoms with E-state index >= 15 is 0 Å². The van der Waals surface area contributed by atoms with Gasteiger partial charge in [-0.3, -0.25) is 4.79 Å². The maximum atomic E-state index is 13.7. The first-order valence-electron chi connectivity index (χ1n) is 14.2. The molecular weight excluding hydrogens is 563 g/mol. The lowest BCUT2D eigenvalue weighted by molar-refractivity contribution is -0.149. The molecule has 10 nitrogen and oxygen atoms in total. The van der Waals surface area contributed by atoms with Crippen LogP contribution in [0.4, 0.5) is 13.2 Å². The van der Waals surface area contributed by atoms with Gasteiger partial charge in [0.1, 0.15) is 11.4 Å². The monoisotopic (exact) mass is 595 g/mol. The number of carbonyl (C=O) groups excluding carboxylic acids is 2. The van der Waals surface area contributed by atoms with Crippen LogP contribution in [-0.2, 0) is 0 Å². The van der Waals surface area contributed by atoms with Crippen LogP contribution in [0.3, 0.4) is 0 Å². The Morgan fingerprint density at radius 3 is 2.63 bits per heavy atom. The summed E-state index contributed by atoms with van der Waals surface area (Å²) in [5.41, 5.74) is 2.70. The summed E-state index contributed by atoms with van der Waals surface area (Å²) < 4.78 is 46.7. The number of esters is 1. The minimum atomic E-state index is -4.53. The summed E-state index contributed by atoms with van der Waals surface area (Å²) in [7, 11) is 0. The van der Waals surface area contributed by atoms with Gasteiger partial charge >= 0.3 is 12.1 Å². The Bertz CT molecular complexity index is 1570. The number of halogens is 3. The van der Waals surface area contributed by atoms with Gasteiger partial charge in [-0.1, -0.05) is 25.5 Å². The van der Waals surface area contributed by atoms with Crippen LogP contribution in [0.5, 0.6) is 5.75 Å². The summed E-state index contributed by atoms with van der Waals surface area (Å²) in [5, 5.41) is 17.7. The number of benzene rings is 1. The van der Waals surface area contributed by atoms with Crippen LogP contribution in [0.2, 0.25) is 0 Å². The lowest BCUT2D eigenvalue weighted by atomic mass is 10.0. The predicted octanol–water partition coefficient (Wildman–Crippen LogP) is 6.39. The highest BCUT2D eigenvalue weighted by Gasteiger charge is 2.39. The molecule has 2 aliphatic rings. The number of ether oxygens (including phenoxy) is 1. The molecule has 43 heavy (non-hydrogen) atoms. The highest BCUT2D eigenvalue weighted by atomic mass is 19.4. The van der Waals surface area contributed by atoms with E-state index < -0.39 is 18.2 Å². The van der Waals surface area contributed by atoms with Crippen molar-refractivity contribution in [1.82, 2.24) is 20.1 Å². The number of hydrogen-bond acceptors (Lipinski definition) is 7. The van der Waals surface area contributed by atoms with Crippen molar-refractivity contribution in [1.29, 1.82) is 0 Å². The Labute approximate surface area is 246 Å². The summed E-state index contributed by atoms with van der Waals surface area (Å²) in [6.45, 7) is 5.23. The second-order valence-corrected chi connectivity index (χ2v) is 10.9. The maximum Gasteiger partial charge on any atom is 0.412 e. The number of nitrogens with zero attached hydrogens (tertiary/aromatic N) is 6. The Kier molecular flexibility index (Phi) is 8.69. The number of aryl methyl sites for hydroxylation is 2. The van der Waals surface area contributed by atoms with Crippen LogP contribution in [0, 0.1) is 13.8 Å². The van der Waals surface area contributed by atoms with E-state index in [0.29, 0.717) is 11.4 Å². The SMILES string of the molecule is CCCC(N=N/N=C/c1cc(C(=O)Oc2c(C)cc(C)cc2C(=O)NC2CC2)n(-c2ncccc2C2CC2)n1)C(F)(F)F. The number of rotatable bonds is 11. The zero-order valence-electron chi connectivity index (χ0n) is 24.1. The van der Waals surface area contributed by atoms with Crippen molar-refractivity contribution < 1.29 is 27.5 Å². The molecule has 2 aliphatic carbocycles. The molecule has 1 unspecified atom stereocenters. The molecule has 2 fully saturated rings. The van der Waals surface area contributed by atoms with E-state index in [2.05, 4.69) is 30.8 Å². The third kappa shape index (κ3) is 7.33. The zero-order chi connectivity index (χ0) is 30.7. The molecule has 1 aromatic carbocycles. The maximum absolute atomic E-state index is 13.7. The number of pyridine rings is 1. The molecule has 1 atom stereocenters. The summed E-state index contributed by atoms with van der Waals surface area (Å²) >= 11 is 0. The molecule has 1 N–H and O–H groups in total. The number of carbonyl (C=O) groups is 2. The fourth-order valence-electron chi connectivity index (χ4n) is 4.70. The highest BCUT2D eigenvalue weighted by Crippen LogP contribution is 2.42. The molecule has 1 amide bonds. The molecule has 0 radical (unpaired) electrons. The fourth-order valence-corrected chi connectivity index (χ4v) is 4.70. The van der Waals surface area contributed by atoms with E-state index in [9.17, 15) is 22.8 Å². The summed E-state index contributed by atoms with van der Waals surface area (Å²) in [6, 6.07) is 6.72. The molecule has 0 spiro atoms. The van der Waals surface area contributed by atoms with Gasteiger partial charge < -0.3 is 10.1 Å². The highest BCUT2D eigenvalue weighted by molar-refractivity contribution is 6.00. The topological polar surface area (TPSA) is 123 Å². The Morgan fingerprint density at radius 1 is 1.19 bits per heavy atom. The quantitative estimate of drug-likeness (QED) is 0.0905. The molecule has 2 aromatic heterocycles. The third-order valence-corrected chi connectivity index (χ3v) is 7.12. The first-order valence-corrected chi connectivity index (χ1v) is 14.2. The van der Waals surface area contributed by atoms with E-state index in [1.54, 1.807) is 32.2 Å². The molecule has 0 saturated heterocycles. The number of nitrogens with one attached hydrogen (secondary N) is 1. The van der Waals surface area contributed by atoms with Gasteiger partial charge in [-0.25, -0.2) is 14.5 Å². The van der Waals surface area contributed by atoms with Crippen LogP contribution < -0.4 is 10.1 Å². The molecule has 0 aliphatic heterocycles. The van der Waals surface area contributed by atoms with Gasteiger partial charge in [-0.15, -0.1) is 5.10 Å². The number of amides is 1. The van der Waals surface area contributed by atoms with Gasteiger partial charge in [-0.05, 0) is 85.9 Å². The van der Waals surface area contributed by atoms with E-state index in [1.807, 2.05) is 19.1 Å². The largest absolute Gasteiger partial charge is 0.421 e.